The molecule has 0 atom stereocenters. The number of carbonyl (C=O) groups excluding carboxylic acids is 1. The van der Waals surface area contributed by atoms with E-state index in [0.717, 1.165) is 5.69 Å². The van der Waals surface area contributed by atoms with Gasteiger partial charge in [-0.1, -0.05) is 23.4 Å². The Hall–Kier alpha value is -4.34. The first-order valence-electron chi connectivity index (χ1n) is 9.01. The van der Waals surface area contributed by atoms with Crippen LogP contribution in [0.15, 0.2) is 63.7 Å². The normalized spacial score (nSPS) is 11.1. The first kappa shape index (κ1) is 17.7. The summed E-state index contributed by atoms with van der Waals surface area (Å²) in [6.07, 6.45) is 1.52. The number of rotatable bonds is 5. The van der Waals surface area contributed by atoms with E-state index < -0.39 is 5.97 Å². The van der Waals surface area contributed by atoms with Crippen molar-refractivity contribution in [2.24, 2.45) is 0 Å². The molecule has 1 aromatic carbocycles. The number of carbonyl (C=O) groups is 1. The second-order valence-electron chi connectivity index (χ2n) is 6.40. The number of nitrogens with zero attached hydrogens (tertiary/aromatic N) is 6. The van der Waals surface area contributed by atoms with E-state index in [1.807, 2.05) is 30.3 Å². The summed E-state index contributed by atoms with van der Waals surface area (Å²) in [6, 6.07) is 14.4. The number of pyridine rings is 1. The maximum absolute atomic E-state index is 12.9. The van der Waals surface area contributed by atoms with Gasteiger partial charge in [-0.15, -0.1) is 5.10 Å². The molecule has 0 N–H and O–H groups in total. The Labute approximate surface area is 169 Å². The number of aryl methyl sites for hydroxylation is 1. The van der Waals surface area contributed by atoms with Crippen molar-refractivity contribution in [1.82, 2.24) is 30.3 Å². The molecule has 4 heterocycles. The van der Waals surface area contributed by atoms with E-state index in [1.165, 1.54) is 10.9 Å². The van der Waals surface area contributed by atoms with E-state index in [0.29, 0.717) is 28.4 Å². The van der Waals surface area contributed by atoms with Crippen LogP contribution < -0.4 is 0 Å². The minimum absolute atomic E-state index is 0.120. The molecule has 0 unspecified atom stereocenters. The van der Waals surface area contributed by atoms with Crippen LogP contribution in [0.2, 0.25) is 0 Å². The molecule has 0 aliphatic rings. The summed E-state index contributed by atoms with van der Waals surface area (Å²) in [5.74, 6) is 0.297. The van der Waals surface area contributed by atoms with Crippen LogP contribution in [0.3, 0.4) is 0 Å². The topological polar surface area (TPSA) is 122 Å². The highest BCUT2D eigenvalue weighted by Crippen LogP contribution is 2.28. The molecule has 30 heavy (non-hydrogen) atoms. The minimum atomic E-state index is -0.580. The predicted octanol–water partition coefficient (Wildman–Crippen LogP) is 3.12. The average molecular weight is 402 g/mol. The molecule has 10 nitrogen and oxygen atoms in total. The van der Waals surface area contributed by atoms with Crippen molar-refractivity contribution in [3.05, 3.63) is 71.9 Å². The molecule has 0 aliphatic carbocycles. The fourth-order valence-electron chi connectivity index (χ4n) is 3.08. The molecular weight excluding hydrogens is 388 g/mol. The Morgan fingerprint density at radius 1 is 1.17 bits per heavy atom. The van der Waals surface area contributed by atoms with Gasteiger partial charge in [0, 0.05) is 0 Å². The third-order valence-electron chi connectivity index (χ3n) is 4.48. The molecule has 10 heteroatoms. The molecule has 0 saturated carbocycles. The van der Waals surface area contributed by atoms with Crippen molar-refractivity contribution in [3.8, 4) is 17.1 Å². The molecule has 0 spiro atoms. The highest BCUT2D eigenvalue weighted by Gasteiger charge is 2.22. The zero-order valence-corrected chi connectivity index (χ0v) is 15.7. The van der Waals surface area contributed by atoms with Gasteiger partial charge in [0.05, 0.1) is 28.6 Å². The summed E-state index contributed by atoms with van der Waals surface area (Å²) in [4.78, 5) is 17.3. The van der Waals surface area contributed by atoms with E-state index in [2.05, 4.69) is 25.7 Å². The number of benzene rings is 1. The molecule has 0 aliphatic heterocycles. The molecule has 0 amide bonds. The highest BCUT2D eigenvalue weighted by molar-refractivity contribution is 6.04. The molecular formula is C20H14N6O4. The van der Waals surface area contributed by atoms with Crippen molar-refractivity contribution in [1.29, 1.82) is 0 Å². The third-order valence-corrected chi connectivity index (χ3v) is 4.48. The molecule has 0 bridgehead atoms. The van der Waals surface area contributed by atoms with Crippen molar-refractivity contribution in [3.63, 3.8) is 0 Å². The van der Waals surface area contributed by atoms with Gasteiger partial charge in [-0.05, 0) is 47.7 Å². The number of esters is 1. The Morgan fingerprint density at radius 2 is 2.03 bits per heavy atom. The lowest BCUT2D eigenvalue weighted by molar-refractivity contribution is 0.0461. The van der Waals surface area contributed by atoms with Crippen molar-refractivity contribution < 1.29 is 18.5 Å². The lowest BCUT2D eigenvalue weighted by Gasteiger charge is -2.07. The maximum atomic E-state index is 12.9. The summed E-state index contributed by atoms with van der Waals surface area (Å²) in [5, 5.41) is 16.0. The van der Waals surface area contributed by atoms with Gasteiger partial charge in [-0.2, -0.15) is 4.68 Å². The predicted molar refractivity (Wildman–Crippen MR) is 103 cm³/mol. The van der Waals surface area contributed by atoms with E-state index in [-0.39, 0.29) is 17.9 Å². The minimum Gasteiger partial charge on any atom is -0.463 e. The Kier molecular flexibility index (Phi) is 4.28. The first-order chi connectivity index (χ1) is 14.7. The van der Waals surface area contributed by atoms with Gasteiger partial charge in [0.15, 0.2) is 18.2 Å². The van der Waals surface area contributed by atoms with Gasteiger partial charge >= 0.3 is 5.97 Å². The van der Waals surface area contributed by atoms with Crippen LogP contribution in [0, 0.1) is 6.92 Å². The van der Waals surface area contributed by atoms with Gasteiger partial charge in [0.25, 0.3) is 5.71 Å². The number of hydrogen-bond donors (Lipinski definition) is 0. The smallest absolute Gasteiger partial charge is 0.339 e. The summed E-state index contributed by atoms with van der Waals surface area (Å²) in [6.45, 7) is 1.61. The number of furan rings is 1. The Bertz CT molecular complexity index is 1320. The van der Waals surface area contributed by atoms with Gasteiger partial charge in [0.2, 0.25) is 0 Å². The molecule has 4 aromatic heterocycles. The van der Waals surface area contributed by atoms with Crippen molar-refractivity contribution in [2.75, 3.05) is 0 Å². The lowest BCUT2D eigenvalue weighted by atomic mass is 10.1. The second-order valence-corrected chi connectivity index (χ2v) is 6.40. The van der Waals surface area contributed by atoms with Crippen LogP contribution in [-0.2, 0) is 11.3 Å². The quantitative estimate of drug-likeness (QED) is 0.408. The van der Waals surface area contributed by atoms with E-state index in [4.69, 9.17) is 13.7 Å². The number of aromatic nitrogens is 6. The van der Waals surface area contributed by atoms with Crippen molar-refractivity contribution >= 4 is 17.1 Å². The first-order valence-corrected chi connectivity index (χ1v) is 9.01. The zero-order valence-electron chi connectivity index (χ0n) is 15.7. The fraction of sp³-hybridized carbons (Fsp3) is 0.100. The molecule has 5 aromatic rings. The van der Waals surface area contributed by atoms with E-state index in [9.17, 15) is 4.79 Å². The van der Waals surface area contributed by atoms with Gasteiger partial charge in [-0.3, -0.25) is 0 Å². The highest BCUT2D eigenvalue weighted by atomic mass is 16.5. The summed E-state index contributed by atoms with van der Waals surface area (Å²) >= 11 is 0. The molecule has 148 valence electrons. The summed E-state index contributed by atoms with van der Waals surface area (Å²) < 4.78 is 17.7. The van der Waals surface area contributed by atoms with Crippen LogP contribution in [0.25, 0.3) is 28.2 Å². The largest absolute Gasteiger partial charge is 0.463 e. The lowest BCUT2D eigenvalue weighted by Crippen LogP contribution is -2.11. The van der Waals surface area contributed by atoms with E-state index in [1.54, 1.807) is 25.1 Å². The Balaban J connectivity index is 1.46. The van der Waals surface area contributed by atoms with Crippen LogP contribution >= 0.6 is 0 Å². The number of ether oxygens (including phenoxy) is 1. The Morgan fingerprint density at radius 3 is 2.83 bits per heavy atom. The van der Waals surface area contributed by atoms with E-state index >= 15 is 0 Å². The number of fused-ring (bicyclic) bond motifs is 1. The van der Waals surface area contributed by atoms with Crippen molar-refractivity contribution in [2.45, 2.75) is 13.5 Å². The SMILES string of the molecule is Cc1noc2nc(-c3ccco3)cc(C(=O)OCc3nnnn3-c3ccccc3)c12. The van der Waals surface area contributed by atoms with Gasteiger partial charge in [0.1, 0.15) is 5.69 Å². The molecule has 0 saturated heterocycles. The van der Waals surface area contributed by atoms with Crippen LogP contribution in [-0.4, -0.2) is 36.3 Å². The van der Waals surface area contributed by atoms with Crippen LogP contribution in [0.5, 0.6) is 0 Å². The van der Waals surface area contributed by atoms with Crippen LogP contribution in [0.4, 0.5) is 0 Å². The molecule has 5 rings (SSSR count). The van der Waals surface area contributed by atoms with Gasteiger partial charge < -0.3 is 13.7 Å². The number of para-hydroxylation sites is 1. The van der Waals surface area contributed by atoms with Gasteiger partial charge in [-0.25, -0.2) is 9.78 Å². The fourth-order valence-corrected chi connectivity index (χ4v) is 3.08. The zero-order chi connectivity index (χ0) is 20.5. The summed E-state index contributed by atoms with van der Waals surface area (Å²) in [7, 11) is 0. The van der Waals surface area contributed by atoms with Crippen LogP contribution in [0.1, 0.15) is 21.9 Å². The molecule has 0 fully saturated rings. The standard InChI is InChI=1S/C20H14N6O4/c1-12-18-14(10-15(16-8-5-9-28-16)21-19(18)30-23-12)20(27)29-11-17-22-24-25-26(17)13-6-3-2-4-7-13/h2-10H,11H2,1H3. The number of hydrogen-bond acceptors (Lipinski definition) is 9. The second kappa shape index (κ2) is 7.24. The summed E-state index contributed by atoms with van der Waals surface area (Å²) in [5.41, 5.74) is 2.22. The third kappa shape index (κ3) is 3.09. The average Bonchev–Trinajstić information content (AvgIpc) is 3.53. The number of tetrazole rings is 1. The monoisotopic (exact) mass is 402 g/mol. The molecule has 0 radical (unpaired) electrons. The maximum Gasteiger partial charge on any atom is 0.339 e.